The summed E-state index contributed by atoms with van der Waals surface area (Å²) in [6, 6.07) is 0. The van der Waals surface area contributed by atoms with E-state index < -0.39 is 0 Å². The molecule has 0 saturated carbocycles. The van der Waals surface area contributed by atoms with E-state index in [-0.39, 0.29) is 11.9 Å². The van der Waals surface area contributed by atoms with Crippen molar-refractivity contribution in [2.75, 3.05) is 6.61 Å². The number of cyclic esters (lactones) is 1. The molecule has 1 rings (SSSR count). The van der Waals surface area contributed by atoms with Crippen LogP contribution in [0.5, 0.6) is 0 Å². The van der Waals surface area contributed by atoms with Crippen molar-refractivity contribution in [3.8, 4) is 0 Å². The largest absolute Gasteiger partial charge is 0.465 e. The molecule has 2 atom stereocenters. The van der Waals surface area contributed by atoms with Gasteiger partial charge in [-0.3, -0.25) is 4.79 Å². The lowest BCUT2D eigenvalue weighted by atomic mass is 9.91. The van der Waals surface area contributed by atoms with E-state index in [0.29, 0.717) is 18.9 Å². The van der Waals surface area contributed by atoms with E-state index in [1.165, 1.54) is 0 Å². The second kappa shape index (κ2) is 3.07. The van der Waals surface area contributed by atoms with Gasteiger partial charge in [-0.2, -0.15) is 0 Å². The Hall–Kier alpha value is -0.790. The number of rotatable bonds is 0. The Bertz CT molecular complexity index is 184. The molecule has 2 heteroatoms. The van der Waals surface area contributed by atoms with Crippen LogP contribution in [0.1, 0.15) is 20.3 Å². The predicted molar refractivity (Wildman–Crippen MR) is 43.0 cm³/mol. The average Bonchev–Trinajstić information content (AvgIpc) is 2.05. The fraction of sp³-hybridized carbons (Fsp3) is 0.667. The molecule has 0 aromatic rings. The van der Waals surface area contributed by atoms with Gasteiger partial charge in [-0.25, -0.2) is 0 Å². The molecular formula is C9H14O2. The van der Waals surface area contributed by atoms with E-state index in [9.17, 15) is 4.79 Å². The van der Waals surface area contributed by atoms with Crippen LogP contribution < -0.4 is 0 Å². The maximum absolute atomic E-state index is 10.9. The van der Waals surface area contributed by atoms with Crippen LogP contribution in [-0.2, 0) is 9.53 Å². The minimum absolute atomic E-state index is 0.0944. The third-order valence-corrected chi connectivity index (χ3v) is 2.23. The molecule has 0 unspecified atom stereocenters. The summed E-state index contributed by atoms with van der Waals surface area (Å²) in [6.07, 6.45) is 0.489. The van der Waals surface area contributed by atoms with Crippen molar-refractivity contribution >= 4 is 5.97 Å². The third-order valence-electron chi connectivity index (χ3n) is 2.23. The first kappa shape index (κ1) is 8.31. The molecular weight excluding hydrogens is 140 g/mol. The predicted octanol–water partition coefficient (Wildman–Crippen LogP) is 1.76. The summed E-state index contributed by atoms with van der Waals surface area (Å²) in [4.78, 5) is 10.9. The van der Waals surface area contributed by atoms with Gasteiger partial charge in [-0.1, -0.05) is 26.0 Å². The van der Waals surface area contributed by atoms with Gasteiger partial charge < -0.3 is 4.74 Å². The average molecular weight is 154 g/mol. The van der Waals surface area contributed by atoms with Crippen LogP contribution in [0.15, 0.2) is 12.2 Å². The van der Waals surface area contributed by atoms with Crippen LogP contribution in [0, 0.1) is 11.8 Å². The zero-order chi connectivity index (χ0) is 8.43. The molecule has 62 valence electrons. The Morgan fingerprint density at radius 3 is 2.73 bits per heavy atom. The van der Waals surface area contributed by atoms with Crippen molar-refractivity contribution in [3.63, 3.8) is 0 Å². The van der Waals surface area contributed by atoms with Crippen LogP contribution in [0.3, 0.4) is 0 Å². The maximum atomic E-state index is 10.9. The highest BCUT2D eigenvalue weighted by atomic mass is 16.5. The summed E-state index contributed by atoms with van der Waals surface area (Å²) in [5, 5.41) is 0. The first-order valence-electron chi connectivity index (χ1n) is 3.95. The van der Waals surface area contributed by atoms with Crippen molar-refractivity contribution < 1.29 is 9.53 Å². The summed E-state index contributed by atoms with van der Waals surface area (Å²) in [5.74, 6) is 0.499. The zero-order valence-electron chi connectivity index (χ0n) is 7.09. The Morgan fingerprint density at radius 2 is 2.09 bits per heavy atom. The molecule has 11 heavy (non-hydrogen) atoms. The Balaban J connectivity index is 2.68. The molecule has 0 aliphatic carbocycles. The van der Waals surface area contributed by atoms with Crippen molar-refractivity contribution in [1.29, 1.82) is 0 Å². The van der Waals surface area contributed by atoms with Crippen LogP contribution in [0.2, 0.25) is 0 Å². The fourth-order valence-corrected chi connectivity index (χ4v) is 1.25. The van der Waals surface area contributed by atoms with E-state index in [0.717, 1.165) is 5.57 Å². The molecule has 0 N–H and O–H groups in total. The van der Waals surface area contributed by atoms with Gasteiger partial charge in [0.2, 0.25) is 0 Å². The van der Waals surface area contributed by atoms with Gasteiger partial charge >= 0.3 is 5.97 Å². The van der Waals surface area contributed by atoms with Crippen LogP contribution >= 0.6 is 0 Å². The molecule has 0 bridgehead atoms. The smallest absolute Gasteiger partial charge is 0.306 e. The number of hydrogen-bond acceptors (Lipinski definition) is 2. The molecule has 0 radical (unpaired) electrons. The van der Waals surface area contributed by atoms with E-state index in [1.54, 1.807) is 0 Å². The summed E-state index contributed by atoms with van der Waals surface area (Å²) in [6.45, 7) is 8.50. The Kier molecular flexibility index (Phi) is 2.32. The molecule has 0 amide bonds. The fourth-order valence-electron chi connectivity index (χ4n) is 1.25. The summed E-state index contributed by atoms with van der Waals surface area (Å²) in [7, 11) is 0. The summed E-state index contributed by atoms with van der Waals surface area (Å²) < 4.78 is 4.96. The monoisotopic (exact) mass is 154 g/mol. The van der Waals surface area contributed by atoms with E-state index in [4.69, 9.17) is 4.74 Å². The summed E-state index contributed by atoms with van der Waals surface area (Å²) in [5.41, 5.74) is 1.14. The van der Waals surface area contributed by atoms with Crippen molar-refractivity contribution in [2.24, 2.45) is 11.8 Å². The SMILES string of the molecule is C=C1[C@H](C)COC(=O)C[C@@H]1C. The highest BCUT2D eigenvalue weighted by Gasteiger charge is 2.22. The zero-order valence-corrected chi connectivity index (χ0v) is 7.09. The summed E-state index contributed by atoms with van der Waals surface area (Å²) >= 11 is 0. The van der Waals surface area contributed by atoms with E-state index in [2.05, 4.69) is 6.58 Å². The molecule has 1 aliphatic heterocycles. The number of carbonyl (C=O) groups excluding carboxylic acids is 1. The van der Waals surface area contributed by atoms with Crippen LogP contribution in [-0.4, -0.2) is 12.6 Å². The number of ether oxygens (including phenoxy) is 1. The van der Waals surface area contributed by atoms with Crippen molar-refractivity contribution in [3.05, 3.63) is 12.2 Å². The van der Waals surface area contributed by atoms with Gasteiger partial charge in [0.25, 0.3) is 0 Å². The van der Waals surface area contributed by atoms with Gasteiger partial charge in [-0.15, -0.1) is 0 Å². The van der Waals surface area contributed by atoms with Gasteiger partial charge in [0.05, 0.1) is 13.0 Å². The lowest BCUT2D eigenvalue weighted by Gasteiger charge is -2.13. The number of esters is 1. The minimum atomic E-state index is -0.0944. The lowest BCUT2D eigenvalue weighted by Crippen LogP contribution is -2.07. The maximum Gasteiger partial charge on any atom is 0.306 e. The molecule has 0 aromatic heterocycles. The molecule has 0 aromatic carbocycles. The second-order valence-electron chi connectivity index (χ2n) is 3.26. The first-order valence-corrected chi connectivity index (χ1v) is 3.95. The molecule has 1 fully saturated rings. The highest BCUT2D eigenvalue weighted by molar-refractivity contribution is 5.70. The Morgan fingerprint density at radius 1 is 1.45 bits per heavy atom. The van der Waals surface area contributed by atoms with Crippen LogP contribution in [0.4, 0.5) is 0 Å². The van der Waals surface area contributed by atoms with Crippen LogP contribution in [0.25, 0.3) is 0 Å². The standard InChI is InChI=1S/C9H14O2/c1-6-4-9(10)11-5-7(2)8(6)3/h6-7H,3-5H2,1-2H3/t6-,7+/m0/s1. The van der Waals surface area contributed by atoms with Crippen molar-refractivity contribution in [2.45, 2.75) is 20.3 Å². The van der Waals surface area contributed by atoms with Gasteiger partial charge in [-0.05, 0) is 5.92 Å². The highest BCUT2D eigenvalue weighted by Crippen LogP contribution is 2.24. The third kappa shape index (κ3) is 1.82. The Labute approximate surface area is 67.2 Å². The molecule has 1 aliphatic rings. The first-order chi connectivity index (χ1) is 5.11. The van der Waals surface area contributed by atoms with E-state index >= 15 is 0 Å². The molecule has 0 spiro atoms. The normalized spacial score (nSPS) is 32.9. The van der Waals surface area contributed by atoms with Gasteiger partial charge in [0, 0.05) is 5.92 Å². The molecule has 1 heterocycles. The van der Waals surface area contributed by atoms with E-state index in [1.807, 2.05) is 13.8 Å². The number of hydrogen-bond donors (Lipinski definition) is 0. The topological polar surface area (TPSA) is 26.3 Å². The van der Waals surface area contributed by atoms with Gasteiger partial charge in [0.15, 0.2) is 0 Å². The number of carbonyl (C=O) groups is 1. The van der Waals surface area contributed by atoms with Crippen molar-refractivity contribution in [1.82, 2.24) is 0 Å². The quantitative estimate of drug-likeness (QED) is 0.392. The van der Waals surface area contributed by atoms with Gasteiger partial charge in [0.1, 0.15) is 0 Å². The lowest BCUT2D eigenvalue weighted by molar-refractivity contribution is -0.143. The molecule has 2 nitrogen and oxygen atoms in total. The second-order valence-corrected chi connectivity index (χ2v) is 3.26. The molecule has 1 saturated heterocycles. The minimum Gasteiger partial charge on any atom is -0.465 e.